The van der Waals surface area contributed by atoms with Crippen molar-refractivity contribution in [2.24, 2.45) is 4.99 Å². The van der Waals surface area contributed by atoms with E-state index in [2.05, 4.69) is 257 Å². The maximum Gasteiger partial charge on any atom is 0.0726 e. The summed E-state index contributed by atoms with van der Waals surface area (Å²) in [5, 5.41) is 7.23. The number of allylic oxidation sites excluding steroid dienone is 2. The van der Waals surface area contributed by atoms with Crippen molar-refractivity contribution >= 4 is 82.5 Å². The summed E-state index contributed by atoms with van der Waals surface area (Å²) in [5.74, 6) is 0. The highest BCUT2D eigenvalue weighted by molar-refractivity contribution is 6.15. The van der Waals surface area contributed by atoms with Crippen LogP contribution < -0.4 is 0 Å². The van der Waals surface area contributed by atoms with Crippen LogP contribution in [0.5, 0.6) is 0 Å². The normalized spacial score (nSPS) is 12.3. The third kappa shape index (κ3) is 6.88. The summed E-state index contributed by atoms with van der Waals surface area (Å²) in [4.78, 5) is 5.27. The molecule has 0 radical (unpaired) electrons. The number of rotatable bonds is 9. The molecule has 0 aliphatic rings. The Kier molecular flexibility index (Phi) is 9.84. The highest BCUT2D eigenvalue weighted by atomic mass is 15.0. The van der Waals surface area contributed by atoms with E-state index in [4.69, 9.17) is 11.6 Å². The molecule has 13 aromatic rings. The molecule has 0 saturated heterocycles. The Bertz CT molecular complexity index is 4010. The highest BCUT2D eigenvalue weighted by Crippen LogP contribution is 2.41. The average molecular weight is 895 g/mol. The predicted molar refractivity (Wildman–Crippen MR) is 297 cm³/mol. The lowest BCUT2D eigenvalue weighted by Crippen LogP contribution is -1.98. The number of fused-ring (bicyclic) bond motifs is 9. The van der Waals surface area contributed by atoms with Crippen molar-refractivity contribution in [1.29, 1.82) is 0 Å². The van der Waals surface area contributed by atoms with Gasteiger partial charge in [0, 0.05) is 60.7 Å². The van der Waals surface area contributed by atoms with Gasteiger partial charge in [0.15, 0.2) is 0 Å². The number of hydrogen-bond donors (Lipinski definition) is 0. The standard InChI is InChI=1S/C66H46N4/c1-44(39-60(47-21-9-4-10-22-47)67-45(2)46-19-7-3-8-20-46)68-63-35-31-50(48-33-37-65-56(40-48)54-27-15-17-29-61(54)69(65)52-23-11-5-12-24-52)42-58(63)59-43-51(32-36-64(59)68)49-34-38-66-57(41-49)55-28-16-18-30-62(55)70(66)53-25-13-6-14-26-53/h3-43H,1H2,2H3/b60-39-,67-45?. The summed E-state index contributed by atoms with van der Waals surface area (Å²) in [5.41, 5.74) is 18.6. The zero-order valence-corrected chi connectivity index (χ0v) is 38.7. The van der Waals surface area contributed by atoms with Gasteiger partial charge in [-0.25, -0.2) is 0 Å². The second kappa shape index (κ2) is 16.8. The van der Waals surface area contributed by atoms with Crippen molar-refractivity contribution in [1.82, 2.24) is 13.7 Å². The van der Waals surface area contributed by atoms with E-state index in [1.54, 1.807) is 0 Å². The Balaban J connectivity index is 1.00. The van der Waals surface area contributed by atoms with Crippen molar-refractivity contribution in [3.05, 3.63) is 266 Å². The van der Waals surface area contributed by atoms with Crippen molar-refractivity contribution in [3.8, 4) is 33.6 Å². The van der Waals surface area contributed by atoms with Gasteiger partial charge in [0.25, 0.3) is 0 Å². The molecule has 0 aliphatic carbocycles. The number of aliphatic imine (C=N–C) groups is 1. The van der Waals surface area contributed by atoms with E-state index in [-0.39, 0.29) is 0 Å². The fourth-order valence-electron chi connectivity index (χ4n) is 10.6. The van der Waals surface area contributed by atoms with Crippen molar-refractivity contribution in [3.63, 3.8) is 0 Å². The first-order valence-corrected chi connectivity index (χ1v) is 23.9. The maximum absolute atomic E-state index is 5.27. The smallest absolute Gasteiger partial charge is 0.0726 e. The molecule has 0 saturated carbocycles. The van der Waals surface area contributed by atoms with E-state index >= 15 is 0 Å². The highest BCUT2D eigenvalue weighted by Gasteiger charge is 2.19. The molecule has 10 aromatic carbocycles. The molecule has 0 atom stereocenters. The van der Waals surface area contributed by atoms with Crippen LogP contribution in [0.4, 0.5) is 0 Å². The van der Waals surface area contributed by atoms with Crippen LogP contribution in [0.3, 0.4) is 0 Å². The molecule has 0 bridgehead atoms. The van der Waals surface area contributed by atoms with Crippen LogP contribution in [-0.4, -0.2) is 19.4 Å². The molecule has 0 unspecified atom stereocenters. The number of aromatic nitrogens is 3. The lowest BCUT2D eigenvalue weighted by Gasteiger charge is -2.12. The third-order valence-electron chi connectivity index (χ3n) is 13.9. The van der Waals surface area contributed by atoms with Gasteiger partial charge in [-0.2, -0.15) is 0 Å². The molecule has 0 fully saturated rings. The van der Waals surface area contributed by atoms with Gasteiger partial charge in [-0.15, -0.1) is 0 Å². The Morgan fingerprint density at radius 2 is 0.700 bits per heavy atom. The van der Waals surface area contributed by atoms with Crippen LogP contribution in [0.1, 0.15) is 18.1 Å². The monoisotopic (exact) mass is 894 g/mol. The molecule has 70 heavy (non-hydrogen) atoms. The minimum absolute atomic E-state index is 0.828. The van der Waals surface area contributed by atoms with Gasteiger partial charge in [0.1, 0.15) is 0 Å². The molecule has 3 heterocycles. The summed E-state index contributed by atoms with van der Waals surface area (Å²) >= 11 is 0. The quantitative estimate of drug-likeness (QED) is 0.102. The zero-order valence-electron chi connectivity index (χ0n) is 38.7. The number of para-hydroxylation sites is 4. The van der Waals surface area contributed by atoms with Crippen molar-refractivity contribution < 1.29 is 0 Å². The largest absolute Gasteiger partial charge is 0.310 e. The summed E-state index contributed by atoms with van der Waals surface area (Å²) in [6.45, 7) is 6.87. The van der Waals surface area contributed by atoms with Gasteiger partial charge >= 0.3 is 0 Å². The summed E-state index contributed by atoms with van der Waals surface area (Å²) in [6, 6.07) is 87.2. The first-order chi connectivity index (χ1) is 34.6. The fourth-order valence-corrected chi connectivity index (χ4v) is 10.6. The molecule has 4 nitrogen and oxygen atoms in total. The van der Waals surface area contributed by atoms with Crippen molar-refractivity contribution in [2.75, 3.05) is 0 Å². The first-order valence-electron chi connectivity index (χ1n) is 23.9. The molecule has 0 spiro atoms. The predicted octanol–water partition coefficient (Wildman–Crippen LogP) is 17.3. The lowest BCUT2D eigenvalue weighted by atomic mass is 9.98. The first kappa shape index (κ1) is 41.0. The van der Waals surface area contributed by atoms with E-state index in [1.807, 2.05) is 12.1 Å². The summed E-state index contributed by atoms with van der Waals surface area (Å²) in [6.07, 6.45) is 2.13. The second-order valence-electron chi connectivity index (χ2n) is 18.1. The topological polar surface area (TPSA) is 27.1 Å². The fraction of sp³-hybridized carbons (Fsp3) is 0.0152. The minimum Gasteiger partial charge on any atom is -0.310 e. The molecule has 4 heteroatoms. The maximum atomic E-state index is 5.27. The number of hydrogen-bond acceptors (Lipinski definition) is 1. The molecule has 0 amide bonds. The Morgan fingerprint density at radius 3 is 1.14 bits per heavy atom. The van der Waals surface area contributed by atoms with Gasteiger partial charge in [-0.3, -0.25) is 4.99 Å². The van der Waals surface area contributed by atoms with E-state index in [0.717, 1.165) is 72.5 Å². The molecule has 0 aliphatic heterocycles. The van der Waals surface area contributed by atoms with E-state index in [0.29, 0.717) is 0 Å². The minimum atomic E-state index is 0.828. The average Bonchev–Trinajstić information content (AvgIpc) is 4.06. The van der Waals surface area contributed by atoms with Crippen LogP contribution in [0.25, 0.3) is 110 Å². The van der Waals surface area contributed by atoms with Crippen molar-refractivity contribution in [2.45, 2.75) is 6.92 Å². The number of benzene rings is 10. The van der Waals surface area contributed by atoms with Crippen LogP contribution in [0.2, 0.25) is 0 Å². The van der Waals surface area contributed by atoms with Gasteiger partial charge in [0.2, 0.25) is 0 Å². The molecular formula is C66H46N4. The van der Waals surface area contributed by atoms with E-state index < -0.39 is 0 Å². The molecule has 330 valence electrons. The van der Waals surface area contributed by atoms with E-state index in [9.17, 15) is 0 Å². The van der Waals surface area contributed by atoms with Crippen LogP contribution in [-0.2, 0) is 0 Å². The molecule has 13 rings (SSSR count). The second-order valence-corrected chi connectivity index (χ2v) is 18.1. The van der Waals surface area contributed by atoms with Crippen LogP contribution in [0, 0.1) is 0 Å². The van der Waals surface area contributed by atoms with Gasteiger partial charge in [-0.1, -0.05) is 164 Å². The summed E-state index contributed by atoms with van der Waals surface area (Å²) in [7, 11) is 0. The number of nitrogens with zero attached hydrogens (tertiary/aromatic N) is 4. The Labute approximate surface area is 406 Å². The Hall–Kier alpha value is -9.25. The Morgan fingerprint density at radius 1 is 0.357 bits per heavy atom. The van der Waals surface area contributed by atoms with Gasteiger partial charge < -0.3 is 13.7 Å². The lowest BCUT2D eigenvalue weighted by molar-refractivity contribution is 1.18. The van der Waals surface area contributed by atoms with Gasteiger partial charge in [0.05, 0.1) is 38.8 Å². The van der Waals surface area contributed by atoms with Crippen LogP contribution >= 0.6 is 0 Å². The molecule has 0 N–H and O–H groups in total. The SMILES string of the molecule is C=C(/C=C(\N=C(C)c1ccccc1)c1ccccc1)n1c2ccc(-c3ccc4c(c3)c3ccccc3n4-c3ccccc3)cc2c2cc(-c3ccc4c(c3)c3ccccc3n4-c3ccccc3)ccc21. The third-order valence-corrected chi connectivity index (χ3v) is 13.9. The van der Waals surface area contributed by atoms with Gasteiger partial charge in [-0.05, 0) is 126 Å². The molecule has 3 aromatic heterocycles. The van der Waals surface area contributed by atoms with Crippen LogP contribution in [0.15, 0.2) is 260 Å². The van der Waals surface area contributed by atoms with E-state index in [1.165, 1.54) is 54.7 Å². The zero-order chi connectivity index (χ0) is 46.7. The summed E-state index contributed by atoms with van der Waals surface area (Å²) < 4.78 is 7.05. The molecular weight excluding hydrogens is 849 g/mol.